The van der Waals surface area contributed by atoms with E-state index < -0.39 is 24.5 Å². The van der Waals surface area contributed by atoms with Crippen molar-refractivity contribution in [1.29, 1.82) is 0 Å². The number of furan rings is 1. The van der Waals surface area contributed by atoms with Crippen molar-refractivity contribution in [1.82, 2.24) is 10.6 Å². The zero-order valence-corrected chi connectivity index (χ0v) is 11.8. The number of nitrogens with one attached hydrogen (secondary N) is 2. The van der Waals surface area contributed by atoms with Crippen molar-refractivity contribution in [3.63, 3.8) is 0 Å². The standard InChI is InChI=1S/C11H13BrN2O5/c1-2-5-13-11(17)14-9(15)6-18-10(16)7-3-4-8(12)19-7/h3-4H,2,5-6H2,1H3,(H2,13,14,15,17). The molecule has 0 aliphatic rings. The number of carbonyl (C=O) groups is 3. The predicted molar refractivity (Wildman–Crippen MR) is 68.5 cm³/mol. The molecule has 0 radical (unpaired) electrons. The molecule has 19 heavy (non-hydrogen) atoms. The quantitative estimate of drug-likeness (QED) is 0.795. The minimum atomic E-state index is -0.783. The molecule has 0 fully saturated rings. The van der Waals surface area contributed by atoms with Crippen LogP contribution in [0.3, 0.4) is 0 Å². The number of imide groups is 1. The van der Waals surface area contributed by atoms with E-state index in [1.54, 1.807) is 0 Å². The van der Waals surface area contributed by atoms with Gasteiger partial charge in [-0.2, -0.15) is 0 Å². The van der Waals surface area contributed by atoms with E-state index in [9.17, 15) is 14.4 Å². The maximum Gasteiger partial charge on any atom is 0.374 e. The van der Waals surface area contributed by atoms with Crippen molar-refractivity contribution in [2.45, 2.75) is 13.3 Å². The van der Waals surface area contributed by atoms with Crippen LogP contribution in [0.1, 0.15) is 23.9 Å². The van der Waals surface area contributed by atoms with Gasteiger partial charge in [-0.05, 0) is 34.5 Å². The number of carbonyl (C=O) groups excluding carboxylic acids is 3. The Bertz CT molecular complexity index is 471. The van der Waals surface area contributed by atoms with E-state index in [-0.39, 0.29) is 5.76 Å². The second kappa shape index (κ2) is 7.57. The van der Waals surface area contributed by atoms with Crippen molar-refractivity contribution < 1.29 is 23.5 Å². The first-order chi connectivity index (χ1) is 9.02. The summed E-state index contributed by atoms with van der Waals surface area (Å²) < 4.78 is 9.98. The van der Waals surface area contributed by atoms with Crippen LogP contribution < -0.4 is 10.6 Å². The lowest BCUT2D eigenvalue weighted by Crippen LogP contribution is -2.41. The molecule has 0 atom stereocenters. The molecule has 0 saturated carbocycles. The van der Waals surface area contributed by atoms with E-state index in [1.165, 1.54) is 12.1 Å². The average molecular weight is 333 g/mol. The molecule has 0 unspecified atom stereocenters. The van der Waals surface area contributed by atoms with Crippen LogP contribution in [-0.4, -0.2) is 31.1 Å². The number of ether oxygens (including phenoxy) is 1. The van der Waals surface area contributed by atoms with Crippen LogP contribution in [0, 0.1) is 0 Å². The van der Waals surface area contributed by atoms with Crippen molar-refractivity contribution in [3.8, 4) is 0 Å². The highest BCUT2D eigenvalue weighted by Gasteiger charge is 2.15. The van der Waals surface area contributed by atoms with Gasteiger partial charge in [0.1, 0.15) is 0 Å². The van der Waals surface area contributed by atoms with Gasteiger partial charge in [-0.25, -0.2) is 9.59 Å². The van der Waals surface area contributed by atoms with Gasteiger partial charge in [0.15, 0.2) is 11.3 Å². The normalized spacial score (nSPS) is 9.79. The molecule has 0 spiro atoms. The maximum absolute atomic E-state index is 11.4. The van der Waals surface area contributed by atoms with Gasteiger partial charge < -0.3 is 14.5 Å². The Labute approximate surface area is 117 Å². The summed E-state index contributed by atoms with van der Waals surface area (Å²) in [6, 6.07) is 2.30. The van der Waals surface area contributed by atoms with Gasteiger partial charge in [-0.1, -0.05) is 6.92 Å². The number of esters is 1. The highest BCUT2D eigenvalue weighted by Crippen LogP contribution is 2.14. The molecule has 8 heteroatoms. The van der Waals surface area contributed by atoms with Crippen molar-refractivity contribution >= 4 is 33.8 Å². The summed E-state index contributed by atoms with van der Waals surface area (Å²) in [6.45, 7) is 1.78. The Kier molecular flexibility index (Phi) is 6.07. The highest BCUT2D eigenvalue weighted by atomic mass is 79.9. The zero-order chi connectivity index (χ0) is 14.3. The molecule has 0 aliphatic carbocycles. The Morgan fingerprint density at radius 3 is 2.68 bits per heavy atom. The molecule has 1 rings (SSSR count). The lowest BCUT2D eigenvalue weighted by molar-refractivity contribution is -0.123. The summed E-state index contributed by atoms with van der Waals surface area (Å²) in [6.07, 6.45) is 0.754. The Balaban J connectivity index is 2.30. The topological polar surface area (TPSA) is 97.6 Å². The van der Waals surface area contributed by atoms with E-state index in [1.807, 2.05) is 12.2 Å². The van der Waals surface area contributed by atoms with Gasteiger partial charge in [0.05, 0.1) is 0 Å². The summed E-state index contributed by atoms with van der Waals surface area (Å²) in [4.78, 5) is 33.8. The van der Waals surface area contributed by atoms with Crippen LogP contribution in [-0.2, 0) is 9.53 Å². The van der Waals surface area contributed by atoms with Gasteiger partial charge >= 0.3 is 12.0 Å². The number of halogens is 1. The predicted octanol–water partition coefficient (Wildman–Crippen LogP) is 1.43. The van der Waals surface area contributed by atoms with E-state index >= 15 is 0 Å². The molecule has 0 bridgehead atoms. The van der Waals surface area contributed by atoms with E-state index in [0.717, 1.165) is 6.42 Å². The molecule has 104 valence electrons. The molecule has 1 aromatic heterocycles. The zero-order valence-electron chi connectivity index (χ0n) is 10.2. The molecular weight excluding hydrogens is 320 g/mol. The molecule has 1 heterocycles. The number of amides is 3. The third-order valence-corrected chi connectivity index (χ3v) is 2.32. The first-order valence-corrected chi connectivity index (χ1v) is 6.32. The molecule has 0 saturated heterocycles. The summed E-state index contributed by atoms with van der Waals surface area (Å²) in [5.74, 6) is -1.53. The maximum atomic E-state index is 11.4. The van der Waals surface area contributed by atoms with Gasteiger partial charge in [0, 0.05) is 6.54 Å². The van der Waals surface area contributed by atoms with Gasteiger partial charge in [0.25, 0.3) is 5.91 Å². The van der Waals surface area contributed by atoms with Crippen LogP contribution in [0.25, 0.3) is 0 Å². The number of hydrogen-bond donors (Lipinski definition) is 2. The van der Waals surface area contributed by atoms with Crippen molar-refractivity contribution in [3.05, 3.63) is 22.6 Å². The summed E-state index contributed by atoms with van der Waals surface area (Å²) >= 11 is 3.03. The summed E-state index contributed by atoms with van der Waals surface area (Å²) in [5, 5.41) is 4.47. The Morgan fingerprint density at radius 2 is 2.11 bits per heavy atom. The summed E-state index contributed by atoms with van der Waals surface area (Å²) in [7, 11) is 0. The minimum Gasteiger partial charge on any atom is -0.450 e. The Hall–Kier alpha value is -1.83. The van der Waals surface area contributed by atoms with Gasteiger partial charge in [-0.15, -0.1) is 0 Å². The average Bonchev–Trinajstić information content (AvgIpc) is 2.80. The Morgan fingerprint density at radius 1 is 1.37 bits per heavy atom. The minimum absolute atomic E-state index is 0.0323. The monoisotopic (exact) mass is 332 g/mol. The largest absolute Gasteiger partial charge is 0.450 e. The number of urea groups is 1. The lowest BCUT2D eigenvalue weighted by Gasteiger charge is -2.05. The summed E-state index contributed by atoms with van der Waals surface area (Å²) in [5.41, 5.74) is 0. The molecule has 7 nitrogen and oxygen atoms in total. The molecule has 1 aromatic rings. The van der Waals surface area contributed by atoms with Crippen LogP contribution in [0.5, 0.6) is 0 Å². The first kappa shape index (κ1) is 15.2. The van der Waals surface area contributed by atoms with E-state index in [2.05, 4.69) is 26.0 Å². The SMILES string of the molecule is CCCNC(=O)NC(=O)COC(=O)c1ccc(Br)o1. The molecule has 0 aromatic carbocycles. The van der Waals surface area contributed by atoms with Crippen LogP contribution in [0.15, 0.2) is 21.2 Å². The molecule has 2 N–H and O–H groups in total. The molecular formula is C11H13BrN2O5. The second-order valence-corrected chi connectivity index (χ2v) is 4.27. The fraction of sp³-hybridized carbons (Fsp3) is 0.364. The van der Waals surface area contributed by atoms with Crippen LogP contribution >= 0.6 is 15.9 Å². The van der Waals surface area contributed by atoms with E-state index in [0.29, 0.717) is 11.2 Å². The fourth-order valence-corrected chi connectivity index (χ4v) is 1.38. The van der Waals surface area contributed by atoms with Gasteiger partial charge in [0.2, 0.25) is 5.76 Å². The van der Waals surface area contributed by atoms with Crippen molar-refractivity contribution in [2.24, 2.45) is 0 Å². The van der Waals surface area contributed by atoms with E-state index in [4.69, 9.17) is 4.42 Å². The van der Waals surface area contributed by atoms with Crippen LogP contribution in [0.2, 0.25) is 0 Å². The third-order valence-electron chi connectivity index (χ3n) is 1.90. The highest BCUT2D eigenvalue weighted by molar-refractivity contribution is 9.10. The van der Waals surface area contributed by atoms with Crippen molar-refractivity contribution in [2.75, 3.05) is 13.2 Å². The lowest BCUT2D eigenvalue weighted by atomic mass is 10.4. The second-order valence-electron chi connectivity index (χ2n) is 3.48. The third kappa shape index (κ3) is 5.56. The van der Waals surface area contributed by atoms with Gasteiger partial charge in [-0.3, -0.25) is 10.1 Å². The molecule has 0 aliphatic heterocycles. The smallest absolute Gasteiger partial charge is 0.374 e. The fourth-order valence-electron chi connectivity index (χ4n) is 1.07. The van der Waals surface area contributed by atoms with Crippen LogP contribution in [0.4, 0.5) is 4.79 Å². The number of hydrogen-bond acceptors (Lipinski definition) is 5. The molecule has 3 amide bonds. The number of rotatable bonds is 5. The first-order valence-electron chi connectivity index (χ1n) is 5.53.